The molecule has 5 rings (SSSR count). The van der Waals surface area contributed by atoms with Gasteiger partial charge in [-0.3, -0.25) is 14.2 Å². The number of rotatable bonds is 6. The minimum Gasteiger partial charge on any atom is -0.350 e. The van der Waals surface area contributed by atoms with E-state index in [0.29, 0.717) is 36.2 Å². The van der Waals surface area contributed by atoms with Crippen LogP contribution in [-0.4, -0.2) is 31.8 Å². The second-order valence-corrected chi connectivity index (χ2v) is 7.99. The molecule has 7 nitrogen and oxygen atoms in total. The van der Waals surface area contributed by atoms with Crippen molar-refractivity contribution in [2.75, 3.05) is 6.54 Å². The van der Waals surface area contributed by atoms with Gasteiger partial charge in [-0.25, -0.2) is 9.67 Å². The van der Waals surface area contributed by atoms with Gasteiger partial charge in [0.05, 0.1) is 19.3 Å². The highest BCUT2D eigenvalue weighted by Gasteiger charge is 2.12. The normalized spacial score (nSPS) is 11.2. The minimum atomic E-state index is -0.136. The molecule has 0 fully saturated rings. The molecule has 3 aromatic carbocycles. The zero-order valence-corrected chi connectivity index (χ0v) is 18.2. The summed E-state index contributed by atoms with van der Waals surface area (Å²) in [5.74, 6) is -0.130. The number of nitrogens with one attached hydrogen (secondary N) is 1. The molecule has 1 N–H and O–H groups in total. The van der Waals surface area contributed by atoms with E-state index in [4.69, 9.17) is 0 Å². The molecule has 0 spiro atoms. The molecule has 0 aliphatic carbocycles. The molecule has 2 aromatic heterocycles. The van der Waals surface area contributed by atoms with Gasteiger partial charge in [0.1, 0.15) is 11.7 Å². The van der Waals surface area contributed by atoms with Crippen molar-refractivity contribution >= 4 is 27.7 Å². The highest BCUT2D eigenvalue weighted by molar-refractivity contribution is 5.95. The molecule has 5 aromatic rings. The van der Waals surface area contributed by atoms with E-state index >= 15 is 0 Å². The molecule has 0 aliphatic heterocycles. The number of aryl methyl sites for hydroxylation is 1. The van der Waals surface area contributed by atoms with E-state index in [1.807, 2.05) is 49.4 Å². The van der Waals surface area contributed by atoms with Gasteiger partial charge in [0, 0.05) is 12.1 Å². The lowest BCUT2D eigenvalue weighted by molar-refractivity contribution is 0.0951. The SMILES string of the molecule is Cc1ccccc1C(=O)NCCn1ncc2c(=O)n(Cc3cccc4ccccc34)cnc21. The fourth-order valence-electron chi connectivity index (χ4n) is 4.09. The standard InChI is InChI=1S/C26H23N5O2/c1-18-7-2-4-11-21(18)25(32)27-13-14-31-24-23(15-29-31)26(33)30(17-28-24)16-20-10-6-9-19-8-3-5-12-22(19)20/h2-12,15,17H,13-14,16H2,1H3,(H,27,32). The number of hydrogen-bond donors (Lipinski definition) is 1. The lowest BCUT2D eigenvalue weighted by Gasteiger charge is -2.10. The summed E-state index contributed by atoms with van der Waals surface area (Å²) >= 11 is 0. The lowest BCUT2D eigenvalue weighted by Crippen LogP contribution is -2.28. The summed E-state index contributed by atoms with van der Waals surface area (Å²) in [4.78, 5) is 30.0. The average molecular weight is 438 g/mol. The maximum atomic E-state index is 13.1. The van der Waals surface area contributed by atoms with Crippen molar-refractivity contribution in [1.29, 1.82) is 0 Å². The van der Waals surface area contributed by atoms with E-state index in [9.17, 15) is 9.59 Å². The van der Waals surface area contributed by atoms with Crippen molar-refractivity contribution in [2.45, 2.75) is 20.0 Å². The van der Waals surface area contributed by atoms with Crippen LogP contribution < -0.4 is 10.9 Å². The zero-order chi connectivity index (χ0) is 22.8. The Balaban J connectivity index is 1.34. The van der Waals surface area contributed by atoms with Gasteiger partial charge < -0.3 is 5.32 Å². The van der Waals surface area contributed by atoms with Crippen LogP contribution in [-0.2, 0) is 13.1 Å². The van der Waals surface area contributed by atoms with E-state index in [-0.39, 0.29) is 11.5 Å². The van der Waals surface area contributed by atoms with Gasteiger partial charge in [-0.15, -0.1) is 0 Å². The topological polar surface area (TPSA) is 81.8 Å². The number of amides is 1. The van der Waals surface area contributed by atoms with Crippen LogP contribution in [0.1, 0.15) is 21.5 Å². The number of carbonyl (C=O) groups is 1. The first-order valence-corrected chi connectivity index (χ1v) is 10.8. The first-order chi connectivity index (χ1) is 16.1. The van der Waals surface area contributed by atoms with Gasteiger partial charge in [0.2, 0.25) is 0 Å². The molecule has 0 atom stereocenters. The predicted octanol–water partition coefficient (Wildman–Crippen LogP) is 3.53. The average Bonchev–Trinajstić information content (AvgIpc) is 3.25. The molecule has 0 saturated carbocycles. The fraction of sp³-hybridized carbons (Fsp3) is 0.154. The summed E-state index contributed by atoms with van der Waals surface area (Å²) in [6.45, 7) is 3.13. The molecule has 0 aliphatic rings. The molecule has 0 bridgehead atoms. The number of hydrogen-bond acceptors (Lipinski definition) is 4. The van der Waals surface area contributed by atoms with Crippen LogP contribution in [0.5, 0.6) is 0 Å². The minimum absolute atomic E-state index is 0.130. The van der Waals surface area contributed by atoms with Crippen LogP contribution in [0.15, 0.2) is 84.0 Å². The van der Waals surface area contributed by atoms with Gasteiger partial charge in [-0.1, -0.05) is 60.7 Å². The Kier molecular flexibility index (Phi) is 5.44. The molecule has 0 radical (unpaired) electrons. The molecule has 33 heavy (non-hydrogen) atoms. The van der Waals surface area contributed by atoms with Crippen LogP contribution in [0.2, 0.25) is 0 Å². The smallest absolute Gasteiger partial charge is 0.264 e. The number of aromatic nitrogens is 4. The van der Waals surface area contributed by atoms with Crippen molar-refractivity contribution in [3.05, 3.63) is 106 Å². The van der Waals surface area contributed by atoms with Gasteiger partial charge in [0.25, 0.3) is 11.5 Å². The Hall–Kier alpha value is -4.26. The van der Waals surface area contributed by atoms with E-state index in [1.165, 1.54) is 0 Å². The molecule has 2 heterocycles. The van der Waals surface area contributed by atoms with E-state index in [1.54, 1.807) is 27.8 Å². The molecule has 0 unspecified atom stereocenters. The van der Waals surface area contributed by atoms with Crippen molar-refractivity contribution < 1.29 is 4.79 Å². The first-order valence-electron chi connectivity index (χ1n) is 10.8. The zero-order valence-electron chi connectivity index (χ0n) is 18.2. The summed E-state index contributed by atoms with van der Waals surface area (Å²) in [5, 5.41) is 9.95. The Morgan fingerprint density at radius 1 is 0.970 bits per heavy atom. The number of fused-ring (bicyclic) bond motifs is 2. The Bertz CT molecular complexity index is 1530. The second kappa shape index (κ2) is 8.70. The Morgan fingerprint density at radius 2 is 1.76 bits per heavy atom. The van der Waals surface area contributed by atoms with Gasteiger partial charge in [-0.2, -0.15) is 5.10 Å². The molecular weight excluding hydrogens is 414 g/mol. The number of benzene rings is 3. The molecular formula is C26H23N5O2. The van der Waals surface area contributed by atoms with Crippen molar-refractivity contribution in [2.24, 2.45) is 0 Å². The van der Waals surface area contributed by atoms with E-state index in [2.05, 4.69) is 33.6 Å². The molecule has 7 heteroatoms. The third kappa shape index (κ3) is 4.01. The summed E-state index contributed by atoms with van der Waals surface area (Å²) < 4.78 is 3.26. The molecule has 164 valence electrons. The third-order valence-corrected chi connectivity index (χ3v) is 5.84. The maximum absolute atomic E-state index is 13.1. The quantitative estimate of drug-likeness (QED) is 0.441. The monoisotopic (exact) mass is 437 g/mol. The summed E-state index contributed by atoms with van der Waals surface area (Å²) in [6, 6.07) is 21.7. The number of carbonyl (C=O) groups excluding carboxylic acids is 1. The molecule has 0 saturated heterocycles. The van der Waals surface area contributed by atoms with Gasteiger partial charge >= 0.3 is 0 Å². The first kappa shape index (κ1) is 20.6. The largest absolute Gasteiger partial charge is 0.350 e. The summed E-state index contributed by atoms with van der Waals surface area (Å²) in [5.41, 5.74) is 3.01. The fourth-order valence-corrected chi connectivity index (χ4v) is 4.09. The van der Waals surface area contributed by atoms with Crippen molar-refractivity contribution in [3.8, 4) is 0 Å². The van der Waals surface area contributed by atoms with Crippen LogP contribution in [0.25, 0.3) is 21.8 Å². The van der Waals surface area contributed by atoms with Crippen LogP contribution in [0.4, 0.5) is 0 Å². The van der Waals surface area contributed by atoms with Crippen LogP contribution in [0, 0.1) is 6.92 Å². The Morgan fingerprint density at radius 3 is 2.64 bits per heavy atom. The lowest BCUT2D eigenvalue weighted by atomic mass is 10.0. The summed E-state index contributed by atoms with van der Waals surface area (Å²) in [6.07, 6.45) is 3.12. The van der Waals surface area contributed by atoms with Crippen LogP contribution >= 0.6 is 0 Å². The van der Waals surface area contributed by atoms with E-state index < -0.39 is 0 Å². The highest BCUT2D eigenvalue weighted by atomic mass is 16.1. The second-order valence-electron chi connectivity index (χ2n) is 7.99. The third-order valence-electron chi connectivity index (χ3n) is 5.84. The summed E-state index contributed by atoms with van der Waals surface area (Å²) in [7, 11) is 0. The predicted molar refractivity (Wildman–Crippen MR) is 128 cm³/mol. The van der Waals surface area contributed by atoms with Crippen LogP contribution in [0.3, 0.4) is 0 Å². The highest BCUT2D eigenvalue weighted by Crippen LogP contribution is 2.19. The van der Waals surface area contributed by atoms with Gasteiger partial charge in [0.15, 0.2) is 5.65 Å². The van der Waals surface area contributed by atoms with Gasteiger partial charge in [-0.05, 0) is 34.9 Å². The molecule has 1 amide bonds. The van der Waals surface area contributed by atoms with E-state index in [0.717, 1.165) is 21.9 Å². The Labute approximate surface area is 190 Å². The van der Waals surface area contributed by atoms with Crippen molar-refractivity contribution in [1.82, 2.24) is 24.6 Å². The number of nitrogens with zero attached hydrogens (tertiary/aromatic N) is 4. The maximum Gasteiger partial charge on any atom is 0.264 e. The van der Waals surface area contributed by atoms with Crippen molar-refractivity contribution in [3.63, 3.8) is 0 Å².